The molecule has 0 aliphatic heterocycles. The van der Waals surface area contributed by atoms with E-state index in [0.717, 1.165) is 0 Å². The lowest BCUT2D eigenvalue weighted by atomic mass is 9.87. The first-order valence-corrected chi connectivity index (χ1v) is 16.2. The molecule has 34 heavy (non-hydrogen) atoms. The Morgan fingerprint density at radius 1 is 0.529 bits per heavy atom. The topological polar surface area (TPSA) is 0 Å². The van der Waals surface area contributed by atoms with Crippen molar-refractivity contribution in [3.05, 3.63) is 71.8 Å². The molecule has 0 saturated carbocycles. The third-order valence-electron chi connectivity index (χ3n) is 7.45. The third kappa shape index (κ3) is 13.1. The van der Waals surface area contributed by atoms with Gasteiger partial charge in [-0.15, -0.1) is 31.9 Å². The van der Waals surface area contributed by atoms with Crippen LogP contribution in [0.3, 0.4) is 0 Å². The van der Waals surface area contributed by atoms with Gasteiger partial charge in [0.1, 0.15) is 0 Å². The Kier molecular flexibility index (Phi) is 18.4. The Labute approximate surface area is 230 Å². The number of rotatable bonds is 19. The summed E-state index contributed by atoms with van der Waals surface area (Å²) < 4.78 is 0. The Bertz CT molecular complexity index is 656. The van der Waals surface area contributed by atoms with Gasteiger partial charge in [0, 0.05) is 0 Å². The molecular weight excluding hydrogens is 542 g/mol. The molecule has 0 aromatic heterocycles. The van der Waals surface area contributed by atoms with E-state index in [9.17, 15) is 0 Å². The van der Waals surface area contributed by atoms with E-state index in [1.54, 1.807) is 0 Å². The van der Waals surface area contributed by atoms with E-state index in [0.29, 0.717) is 5.16 Å². The number of halogens is 1. The molecule has 0 nitrogen and oxygen atoms in total. The van der Waals surface area contributed by atoms with Crippen LogP contribution in [0.15, 0.2) is 60.7 Å². The van der Waals surface area contributed by atoms with Crippen molar-refractivity contribution < 1.29 is 0 Å². The fourth-order valence-corrected chi connectivity index (χ4v) is 6.81. The first-order chi connectivity index (χ1) is 16.2. The van der Waals surface area contributed by atoms with E-state index in [1.807, 2.05) is 0 Å². The number of benzene rings is 2. The maximum Gasteiger partial charge on any atom is -0.00187 e. The molecule has 0 amide bonds. The van der Waals surface area contributed by atoms with Gasteiger partial charge in [-0.1, -0.05) is 151 Å². The SMILES string of the molecule is CCCCCCCCCCCCCCCC(Cc1ccccc1)(Cc1ccccc1)P(C)C.I. The summed E-state index contributed by atoms with van der Waals surface area (Å²) in [7, 11) is -0.0360. The van der Waals surface area contributed by atoms with Crippen LogP contribution in [0.4, 0.5) is 0 Å². The summed E-state index contributed by atoms with van der Waals surface area (Å²) in [5.41, 5.74) is 3.03. The van der Waals surface area contributed by atoms with Crippen LogP contribution in [0.25, 0.3) is 0 Å². The monoisotopic (exact) mass is 594 g/mol. The molecule has 0 atom stereocenters. The first-order valence-electron chi connectivity index (χ1n) is 13.9. The quantitative estimate of drug-likeness (QED) is 0.0862. The van der Waals surface area contributed by atoms with Crippen LogP contribution in [-0.2, 0) is 12.8 Å². The van der Waals surface area contributed by atoms with Crippen LogP contribution in [0.1, 0.15) is 108 Å². The highest BCUT2D eigenvalue weighted by molar-refractivity contribution is 14.0. The molecule has 2 aromatic rings. The molecular formula is C32H52IP. The molecule has 2 heteroatoms. The van der Waals surface area contributed by atoms with Gasteiger partial charge < -0.3 is 0 Å². The molecule has 0 fully saturated rings. The van der Waals surface area contributed by atoms with Crippen molar-refractivity contribution in [1.82, 2.24) is 0 Å². The molecule has 0 spiro atoms. The van der Waals surface area contributed by atoms with E-state index in [1.165, 1.54) is 114 Å². The highest BCUT2D eigenvalue weighted by Gasteiger charge is 2.33. The third-order valence-corrected chi connectivity index (χ3v) is 9.88. The standard InChI is InChI=1S/C32H51P.HI/c1-4-5-6-7-8-9-10-11-12-13-14-15-22-27-32(33(2)3,28-30-23-18-16-19-24-30)29-31-25-20-17-21-26-31;/h16-21,23-26H,4-15,22,27-29H2,1-3H3;1H. The van der Waals surface area contributed by atoms with Gasteiger partial charge in [-0.25, -0.2) is 0 Å². The second kappa shape index (κ2) is 19.7. The normalized spacial score (nSPS) is 11.5. The number of hydrogen-bond acceptors (Lipinski definition) is 0. The maximum absolute atomic E-state index is 2.52. The largest absolute Gasteiger partial charge is 0.107 e. The smallest absolute Gasteiger partial charge is 0.00187 e. The number of unbranched alkanes of at least 4 members (excludes halogenated alkanes) is 12. The first kappa shape index (κ1) is 31.6. The molecule has 2 aromatic carbocycles. The summed E-state index contributed by atoms with van der Waals surface area (Å²) in [5, 5.41) is 0.413. The summed E-state index contributed by atoms with van der Waals surface area (Å²) in [5.74, 6) is 0. The Hall–Kier alpha value is -0.400. The van der Waals surface area contributed by atoms with Crippen molar-refractivity contribution >= 4 is 31.9 Å². The second-order valence-electron chi connectivity index (χ2n) is 10.4. The molecule has 0 N–H and O–H groups in total. The highest BCUT2D eigenvalue weighted by atomic mass is 127. The van der Waals surface area contributed by atoms with Crippen molar-refractivity contribution in [3.8, 4) is 0 Å². The van der Waals surface area contributed by atoms with Gasteiger partial charge in [0.15, 0.2) is 0 Å². The Balaban J connectivity index is 0.00000578. The molecule has 0 heterocycles. The molecule has 0 saturated heterocycles. The van der Waals surface area contributed by atoms with Gasteiger partial charge in [-0.2, -0.15) is 0 Å². The average molecular weight is 595 g/mol. The van der Waals surface area contributed by atoms with Crippen LogP contribution in [0, 0.1) is 0 Å². The number of hydrogen-bond donors (Lipinski definition) is 0. The van der Waals surface area contributed by atoms with E-state index in [-0.39, 0.29) is 31.9 Å². The van der Waals surface area contributed by atoms with Gasteiger partial charge in [0.2, 0.25) is 0 Å². The van der Waals surface area contributed by atoms with Gasteiger partial charge in [0.25, 0.3) is 0 Å². The van der Waals surface area contributed by atoms with Gasteiger partial charge in [-0.3, -0.25) is 0 Å². The lowest BCUT2D eigenvalue weighted by Crippen LogP contribution is -2.32. The molecule has 0 radical (unpaired) electrons. The minimum atomic E-state index is -0.0360. The summed E-state index contributed by atoms with van der Waals surface area (Å²) in [6, 6.07) is 22.5. The molecule has 0 aliphatic rings. The summed E-state index contributed by atoms with van der Waals surface area (Å²) in [6.07, 6.45) is 22.4. The van der Waals surface area contributed by atoms with Crippen LogP contribution in [0.2, 0.25) is 0 Å². The maximum atomic E-state index is 2.52. The molecule has 2 rings (SSSR count). The van der Waals surface area contributed by atoms with E-state index < -0.39 is 0 Å². The zero-order valence-electron chi connectivity index (χ0n) is 22.4. The summed E-state index contributed by atoms with van der Waals surface area (Å²) in [4.78, 5) is 0. The Morgan fingerprint density at radius 2 is 0.882 bits per heavy atom. The molecule has 0 bridgehead atoms. The van der Waals surface area contributed by atoms with Crippen molar-refractivity contribution in [2.24, 2.45) is 0 Å². The van der Waals surface area contributed by atoms with Crippen LogP contribution in [0.5, 0.6) is 0 Å². The van der Waals surface area contributed by atoms with Crippen LogP contribution < -0.4 is 0 Å². The summed E-state index contributed by atoms with van der Waals surface area (Å²) in [6.45, 7) is 7.34. The zero-order chi connectivity index (χ0) is 23.6. The minimum Gasteiger partial charge on any atom is -0.107 e. The lowest BCUT2D eigenvalue weighted by Gasteiger charge is -2.39. The minimum absolute atomic E-state index is 0. The van der Waals surface area contributed by atoms with Crippen LogP contribution >= 0.6 is 31.9 Å². The fourth-order valence-electron chi connectivity index (χ4n) is 5.20. The van der Waals surface area contributed by atoms with Gasteiger partial charge in [0.05, 0.1) is 0 Å². The Morgan fingerprint density at radius 3 is 1.24 bits per heavy atom. The fraction of sp³-hybridized carbons (Fsp3) is 0.625. The van der Waals surface area contributed by atoms with Crippen molar-refractivity contribution in [3.63, 3.8) is 0 Å². The zero-order valence-corrected chi connectivity index (χ0v) is 25.7. The predicted molar refractivity (Wildman–Crippen MR) is 168 cm³/mol. The summed E-state index contributed by atoms with van der Waals surface area (Å²) >= 11 is 0. The van der Waals surface area contributed by atoms with Crippen molar-refractivity contribution in [2.75, 3.05) is 13.3 Å². The van der Waals surface area contributed by atoms with Crippen molar-refractivity contribution in [2.45, 2.75) is 115 Å². The molecule has 0 aliphatic carbocycles. The molecule has 0 unspecified atom stereocenters. The van der Waals surface area contributed by atoms with Crippen LogP contribution in [-0.4, -0.2) is 18.5 Å². The van der Waals surface area contributed by atoms with Crippen molar-refractivity contribution in [1.29, 1.82) is 0 Å². The van der Waals surface area contributed by atoms with E-state index >= 15 is 0 Å². The lowest BCUT2D eigenvalue weighted by molar-refractivity contribution is 0.475. The van der Waals surface area contributed by atoms with E-state index in [2.05, 4.69) is 80.9 Å². The molecule has 192 valence electrons. The average Bonchev–Trinajstić information content (AvgIpc) is 2.83. The predicted octanol–water partition coefficient (Wildman–Crippen LogP) is 11.1. The highest BCUT2D eigenvalue weighted by Crippen LogP contribution is 2.50. The van der Waals surface area contributed by atoms with Gasteiger partial charge in [-0.05, 0) is 48.9 Å². The second-order valence-corrected chi connectivity index (χ2v) is 13.2. The van der Waals surface area contributed by atoms with E-state index in [4.69, 9.17) is 0 Å². The van der Waals surface area contributed by atoms with Gasteiger partial charge >= 0.3 is 0 Å².